The predicted octanol–water partition coefficient (Wildman–Crippen LogP) is 5.75. The van der Waals surface area contributed by atoms with Gasteiger partial charge in [-0.05, 0) is 73.7 Å². The van der Waals surface area contributed by atoms with Gasteiger partial charge in [-0.25, -0.2) is 20.8 Å². The Balaban J connectivity index is 1.53. The molecule has 1 saturated heterocycles. The molecule has 4 aromatic rings. The highest BCUT2D eigenvalue weighted by molar-refractivity contribution is 7.90. The Bertz CT molecular complexity index is 1810. The molecule has 0 amide bonds. The van der Waals surface area contributed by atoms with Crippen molar-refractivity contribution >= 4 is 42.6 Å². The number of benzene rings is 3. The molecule has 9 heteroatoms. The molecule has 38 heavy (non-hydrogen) atoms. The number of halogens is 1. The standard InChI is InChI=1S/C29H29ClN2O4S2/c1-19-5-10-23(11-6-19)37(33,34)31-17-26-28(3,4)29(26,18-31)27-16-21-15-22(30)9-14-25(21)32(27)38(35,36)24-12-7-20(2)8-13-24/h5-16,26H,17-18H2,1-4H3/t26-,29-/m0/s1. The summed E-state index contributed by atoms with van der Waals surface area (Å²) in [4.78, 5) is 0.433. The lowest BCUT2D eigenvalue weighted by Gasteiger charge is -2.27. The van der Waals surface area contributed by atoms with Crippen LogP contribution in [0.3, 0.4) is 0 Å². The molecule has 1 saturated carbocycles. The second-order valence-electron chi connectivity index (χ2n) is 11.2. The van der Waals surface area contributed by atoms with E-state index < -0.39 is 25.5 Å². The number of nitrogens with zero attached hydrogens (tertiary/aromatic N) is 2. The summed E-state index contributed by atoms with van der Waals surface area (Å²) in [5.41, 5.74) is 2.10. The van der Waals surface area contributed by atoms with Crippen LogP contribution in [0.15, 0.2) is 82.6 Å². The zero-order valence-electron chi connectivity index (χ0n) is 21.6. The lowest BCUT2D eigenvalue weighted by molar-refractivity contribution is 0.343. The van der Waals surface area contributed by atoms with E-state index in [9.17, 15) is 16.8 Å². The third-order valence-electron chi connectivity index (χ3n) is 8.74. The maximum atomic E-state index is 14.2. The van der Waals surface area contributed by atoms with Crippen molar-refractivity contribution in [3.05, 3.63) is 94.6 Å². The van der Waals surface area contributed by atoms with Gasteiger partial charge in [-0.15, -0.1) is 0 Å². The van der Waals surface area contributed by atoms with Crippen molar-refractivity contribution in [2.75, 3.05) is 13.1 Å². The monoisotopic (exact) mass is 568 g/mol. The van der Waals surface area contributed by atoms with Crippen molar-refractivity contribution in [2.45, 2.75) is 42.9 Å². The molecule has 2 aliphatic rings. The molecule has 0 unspecified atom stereocenters. The summed E-state index contributed by atoms with van der Waals surface area (Å²) in [5, 5.41) is 1.21. The summed E-state index contributed by atoms with van der Waals surface area (Å²) in [6, 6.07) is 20.7. The smallest absolute Gasteiger partial charge is 0.237 e. The second kappa shape index (κ2) is 8.18. The minimum absolute atomic E-state index is 0.0398. The molecule has 0 N–H and O–H groups in total. The molecular formula is C29H29ClN2O4S2. The van der Waals surface area contributed by atoms with E-state index >= 15 is 0 Å². The number of aryl methyl sites for hydroxylation is 2. The lowest BCUT2D eigenvalue weighted by Crippen LogP contribution is -2.37. The first-order valence-corrected chi connectivity index (χ1v) is 15.8. The summed E-state index contributed by atoms with van der Waals surface area (Å²) < 4.78 is 58.6. The largest absolute Gasteiger partial charge is 0.268 e. The van der Waals surface area contributed by atoms with Crippen molar-refractivity contribution in [3.8, 4) is 0 Å². The molecule has 1 aromatic heterocycles. The lowest BCUT2D eigenvalue weighted by atomic mass is 9.92. The van der Waals surface area contributed by atoms with Crippen LogP contribution in [-0.4, -0.2) is 38.2 Å². The maximum absolute atomic E-state index is 14.2. The average Bonchev–Trinajstić information content (AvgIpc) is 3.24. The van der Waals surface area contributed by atoms with Gasteiger partial charge in [0.15, 0.2) is 0 Å². The van der Waals surface area contributed by atoms with Gasteiger partial charge in [0, 0.05) is 34.6 Å². The average molecular weight is 569 g/mol. The molecule has 0 spiro atoms. The number of hydrogen-bond donors (Lipinski definition) is 0. The fourth-order valence-electron chi connectivity index (χ4n) is 6.39. The van der Waals surface area contributed by atoms with Crippen LogP contribution in [0.1, 0.15) is 30.7 Å². The van der Waals surface area contributed by atoms with E-state index in [1.54, 1.807) is 66.7 Å². The third-order valence-corrected chi connectivity index (χ3v) is 12.5. The molecule has 6 nitrogen and oxygen atoms in total. The molecule has 0 radical (unpaired) electrons. The summed E-state index contributed by atoms with van der Waals surface area (Å²) in [7, 11) is -7.73. The van der Waals surface area contributed by atoms with Gasteiger partial charge in [-0.1, -0.05) is 60.8 Å². The SMILES string of the molecule is Cc1ccc(S(=O)(=O)N2C[C@H]3C(C)(C)[C@@]3(c3cc4cc(Cl)ccc4n3S(=O)(=O)c3ccc(C)cc3)C2)cc1. The Morgan fingerprint density at radius 1 is 0.789 bits per heavy atom. The van der Waals surface area contributed by atoms with Gasteiger partial charge in [0.1, 0.15) is 0 Å². The van der Waals surface area contributed by atoms with Crippen LogP contribution in [0.2, 0.25) is 5.02 Å². The van der Waals surface area contributed by atoms with Gasteiger partial charge < -0.3 is 0 Å². The van der Waals surface area contributed by atoms with Crippen molar-refractivity contribution in [1.29, 1.82) is 0 Å². The van der Waals surface area contributed by atoms with Gasteiger partial charge in [0.2, 0.25) is 10.0 Å². The third kappa shape index (κ3) is 3.47. The zero-order valence-corrected chi connectivity index (χ0v) is 24.0. The van der Waals surface area contributed by atoms with Crippen LogP contribution >= 0.6 is 11.6 Å². The van der Waals surface area contributed by atoms with Crippen molar-refractivity contribution in [3.63, 3.8) is 0 Å². The van der Waals surface area contributed by atoms with E-state index in [0.29, 0.717) is 28.2 Å². The Morgan fingerprint density at radius 3 is 1.92 bits per heavy atom. The van der Waals surface area contributed by atoms with Gasteiger partial charge in [0.05, 0.1) is 15.3 Å². The van der Waals surface area contributed by atoms with Gasteiger partial charge >= 0.3 is 0 Å². The molecule has 3 aromatic carbocycles. The number of piperidine rings is 1. The highest BCUT2D eigenvalue weighted by Gasteiger charge is 2.77. The minimum Gasteiger partial charge on any atom is -0.237 e. The fourth-order valence-corrected chi connectivity index (χ4v) is 9.66. The van der Waals surface area contributed by atoms with E-state index in [0.717, 1.165) is 11.1 Å². The Labute approximate surface area is 229 Å². The minimum atomic E-state index is -3.99. The molecule has 1 aliphatic carbocycles. The molecule has 2 fully saturated rings. The summed E-state index contributed by atoms with van der Waals surface area (Å²) in [5.74, 6) is -0.0398. The zero-order chi connectivity index (χ0) is 27.3. The molecule has 198 valence electrons. The molecule has 6 rings (SSSR count). The first-order chi connectivity index (χ1) is 17.8. The number of aromatic nitrogens is 1. The van der Waals surface area contributed by atoms with Crippen LogP contribution in [-0.2, 0) is 25.5 Å². The van der Waals surface area contributed by atoms with Crippen molar-refractivity contribution in [1.82, 2.24) is 8.28 Å². The number of hydrogen-bond acceptors (Lipinski definition) is 4. The first-order valence-electron chi connectivity index (χ1n) is 12.5. The molecular weight excluding hydrogens is 540 g/mol. The van der Waals surface area contributed by atoms with Crippen LogP contribution in [0.4, 0.5) is 0 Å². The van der Waals surface area contributed by atoms with Gasteiger partial charge in [-0.3, -0.25) is 0 Å². The number of rotatable bonds is 5. The van der Waals surface area contributed by atoms with Crippen molar-refractivity contribution < 1.29 is 16.8 Å². The van der Waals surface area contributed by atoms with E-state index in [1.165, 1.54) is 8.28 Å². The summed E-state index contributed by atoms with van der Waals surface area (Å²) >= 11 is 6.31. The second-order valence-corrected chi connectivity index (χ2v) is 15.3. The van der Waals surface area contributed by atoms with Gasteiger partial charge in [0.25, 0.3) is 10.0 Å². The van der Waals surface area contributed by atoms with E-state index in [1.807, 2.05) is 19.9 Å². The van der Waals surface area contributed by atoms with E-state index in [-0.39, 0.29) is 27.7 Å². The molecule has 1 aliphatic heterocycles. The van der Waals surface area contributed by atoms with Crippen LogP contribution in [0.25, 0.3) is 10.9 Å². The first kappa shape index (κ1) is 25.6. The highest BCUT2D eigenvalue weighted by atomic mass is 35.5. The van der Waals surface area contributed by atoms with Crippen LogP contribution in [0.5, 0.6) is 0 Å². The fraction of sp³-hybridized carbons (Fsp3) is 0.310. The summed E-state index contributed by atoms with van der Waals surface area (Å²) in [6.07, 6.45) is 0. The quantitative estimate of drug-likeness (QED) is 0.307. The summed E-state index contributed by atoms with van der Waals surface area (Å²) in [6.45, 7) is 8.55. The van der Waals surface area contributed by atoms with Crippen molar-refractivity contribution in [2.24, 2.45) is 11.3 Å². The molecule has 0 bridgehead atoms. The number of fused-ring (bicyclic) bond motifs is 2. The van der Waals surface area contributed by atoms with Crippen LogP contribution in [0, 0.1) is 25.2 Å². The highest BCUT2D eigenvalue weighted by Crippen LogP contribution is 2.73. The van der Waals surface area contributed by atoms with E-state index in [4.69, 9.17) is 11.6 Å². The maximum Gasteiger partial charge on any atom is 0.268 e. The Morgan fingerprint density at radius 2 is 1.34 bits per heavy atom. The Kier molecular flexibility index (Phi) is 5.51. The topological polar surface area (TPSA) is 76.5 Å². The van der Waals surface area contributed by atoms with Crippen LogP contribution < -0.4 is 0 Å². The number of sulfonamides is 1. The predicted molar refractivity (Wildman–Crippen MR) is 150 cm³/mol. The normalized spacial score (nSPS) is 23.0. The molecule has 2 atom stereocenters. The Hall–Kier alpha value is -2.65. The molecule has 2 heterocycles. The van der Waals surface area contributed by atoms with Gasteiger partial charge in [-0.2, -0.15) is 4.31 Å². The van der Waals surface area contributed by atoms with E-state index in [2.05, 4.69) is 13.8 Å².